The second-order valence-electron chi connectivity index (χ2n) is 8.10. The third kappa shape index (κ3) is 4.75. The second kappa shape index (κ2) is 8.36. The largest absolute Gasteiger partial charge is 0.373 e. The van der Waals surface area contributed by atoms with Gasteiger partial charge in [0.05, 0.1) is 25.5 Å². The molecule has 1 aromatic carbocycles. The highest BCUT2D eigenvalue weighted by molar-refractivity contribution is 7.92. The van der Waals surface area contributed by atoms with Crippen LogP contribution in [0.25, 0.3) is 0 Å². The highest BCUT2D eigenvalue weighted by atomic mass is 32.2. The van der Waals surface area contributed by atoms with E-state index in [0.29, 0.717) is 25.5 Å². The molecule has 0 bridgehead atoms. The predicted molar refractivity (Wildman–Crippen MR) is 107 cm³/mol. The number of halogens is 1. The van der Waals surface area contributed by atoms with Crippen molar-refractivity contribution in [1.82, 2.24) is 9.78 Å². The molecule has 0 unspecified atom stereocenters. The summed E-state index contributed by atoms with van der Waals surface area (Å²) in [7, 11) is -3.86. The van der Waals surface area contributed by atoms with Crippen LogP contribution in [0.2, 0.25) is 0 Å². The van der Waals surface area contributed by atoms with Crippen molar-refractivity contribution >= 4 is 15.6 Å². The Hall–Kier alpha value is -2.06. The third-order valence-corrected chi connectivity index (χ3v) is 6.65. The van der Waals surface area contributed by atoms with Crippen molar-refractivity contribution in [2.45, 2.75) is 64.1 Å². The molecule has 0 spiro atoms. The molecule has 0 atom stereocenters. The molecule has 0 fully saturated rings. The molecule has 0 saturated heterocycles. The van der Waals surface area contributed by atoms with Gasteiger partial charge in [-0.05, 0) is 40.7 Å². The average Bonchev–Trinajstić information content (AvgIpc) is 3.07. The SMILES string of the molecule is CC(C)c1cc(F)cc(C(C)C)c1CC(=O)CS(=O)(=O)c1cc2n(n1)CCOC2. The molecule has 2 aromatic rings. The molecule has 0 aliphatic carbocycles. The molecule has 0 amide bonds. The number of hydrogen-bond donors (Lipinski definition) is 0. The summed E-state index contributed by atoms with van der Waals surface area (Å²) in [5.74, 6) is -1.36. The Labute approximate surface area is 171 Å². The molecule has 0 saturated carbocycles. The summed E-state index contributed by atoms with van der Waals surface area (Å²) in [6, 6.07) is 4.35. The number of rotatable bonds is 7. The molecule has 158 valence electrons. The fraction of sp³-hybridized carbons (Fsp3) is 0.524. The van der Waals surface area contributed by atoms with Crippen LogP contribution in [0.1, 0.15) is 61.9 Å². The van der Waals surface area contributed by atoms with Gasteiger partial charge in [-0.15, -0.1) is 0 Å². The quantitative estimate of drug-likeness (QED) is 0.684. The first-order valence-electron chi connectivity index (χ1n) is 9.79. The van der Waals surface area contributed by atoms with E-state index in [1.807, 2.05) is 27.7 Å². The lowest BCUT2D eigenvalue weighted by atomic mass is 9.86. The number of nitrogens with zero attached hydrogens (tertiary/aromatic N) is 2. The van der Waals surface area contributed by atoms with Crippen molar-refractivity contribution in [3.63, 3.8) is 0 Å². The number of benzene rings is 1. The van der Waals surface area contributed by atoms with Crippen LogP contribution in [0.3, 0.4) is 0 Å². The minimum Gasteiger partial charge on any atom is -0.373 e. The van der Waals surface area contributed by atoms with Crippen LogP contribution in [-0.4, -0.2) is 36.3 Å². The molecule has 2 heterocycles. The minimum absolute atomic E-state index is 0.0162. The molecule has 0 N–H and O–H groups in total. The lowest BCUT2D eigenvalue weighted by Crippen LogP contribution is -2.21. The summed E-state index contributed by atoms with van der Waals surface area (Å²) < 4.78 is 46.5. The maximum atomic E-state index is 14.1. The van der Waals surface area contributed by atoms with Crippen molar-refractivity contribution in [2.24, 2.45) is 0 Å². The predicted octanol–water partition coefficient (Wildman–Crippen LogP) is 3.38. The van der Waals surface area contributed by atoms with Gasteiger partial charge >= 0.3 is 0 Å². The van der Waals surface area contributed by atoms with Gasteiger partial charge in [0.25, 0.3) is 0 Å². The molecular formula is C21H27FN2O4S. The van der Waals surface area contributed by atoms with E-state index in [0.717, 1.165) is 16.7 Å². The van der Waals surface area contributed by atoms with E-state index in [2.05, 4.69) is 5.10 Å². The zero-order chi connectivity index (χ0) is 21.3. The Morgan fingerprint density at radius 3 is 2.34 bits per heavy atom. The number of ketones is 1. The monoisotopic (exact) mass is 422 g/mol. The van der Waals surface area contributed by atoms with Crippen LogP contribution in [0.5, 0.6) is 0 Å². The molecule has 1 aromatic heterocycles. The fourth-order valence-electron chi connectivity index (χ4n) is 3.67. The maximum Gasteiger partial charge on any atom is 0.204 e. The Morgan fingerprint density at radius 1 is 1.17 bits per heavy atom. The van der Waals surface area contributed by atoms with E-state index >= 15 is 0 Å². The van der Waals surface area contributed by atoms with Crippen molar-refractivity contribution in [3.8, 4) is 0 Å². The normalized spacial score (nSPS) is 14.4. The third-order valence-electron chi connectivity index (χ3n) is 5.11. The fourth-order valence-corrected chi connectivity index (χ4v) is 4.88. The van der Waals surface area contributed by atoms with Gasteiger partial charge in [0.2, 0.25) is 9.84 Å². The van der Waals surface area contributed by atoms with Crippen molar-refractivity contribution < 1.29 is 22.3 Å². The first kappa shape index (κ1) is 21.6. The molecular weight excluding hydrogens is 395 g/mol. The van der Waals surface area contributed by atoms with Gasteiger partial charge in [0.1, 0.15) is 11.6 Å². The van der Waals surface area contributed by atoms with Crippen LogP contribution in [0.15, 0.2) is 23.2 Å². The summed E-state index contributed by atoms with van der Waals surface area (Å²) >= 11 is 0. The lowest BCUT2D eigenvalue weighted by Gasteiger charge is -2.19. The summed E-state index contributed by atoms with van der Waals surface area (Å²) in [5.41, 5.74) is 2.90. The van der Waals surface area contributed by atoms with Gasteiger partial charge in [-0.25, -0.2) is 12.8 Å². The zero-order valence-electron chi connectivity index (χ0n) is 17.2. The van der Waals surface area contributed by atoms with E-state index < -0.39 is 21.4 Å². The van der Waals surface area contributed by atoms with Crippen LogP contribution in [0, 0.1) is 5.82 Å². The van der Waals surface area contributed by atoms with E-state index in [4.69, 9.17) is 4.74 Å². The summed E-state index contributed by atoms with van der Waals surface area (Å²) in [6.07, 6.45) is -0.0444. The van der Waals surface area contributed by atoms with Gasteiger partial charge in [-0.1, -0.05) is 27.7 Å². The van der Waals surface area contributed by atoms with Gasteiger partial charge in [0, 0.05) is 12.5 Å². The maximum absolute atomic E-state index is 14.1. The topological polar surface area (TPSA) is 78.3 Å². The van der Waals surface area contributed by atoms with Crippen LogP contribution in [-0.2, 0) is 38.9 Å². The molecule has 0 radical (unpaired) electrons. The molecule has 6 nitrogen and oxygen atoms in total. The average molecular weight is 423 g/mol. The first-order valence-corrected chi connectivity index (χ1v) is 11.4. The minimum atomic E-state index is -3.86. The van der Waals surface area contributed by atoms with Gasteiger partial charge in [-0.3, -0.25) is 9.48 Å². The number of aromatic nitrogens is 2. The lowest BCUT2D eigenvalue weighted by molar-refractivity contribution is -0.116. The molecule has 8 heteroatoms. The van der Waals surface area contributed by atoms with Crippen molar-refractivity contribution in [1.29, 1.82) is 0 Å². The van der Waals surface area contributed by atoms with Crippen LogP contribution >= 0.6 is 0 Å². The number of carbonyl (C=O) groups excluding carboxylic acids is 1. The van der Waals surface area contributed by atoms with E-state index in [9.17, 15) is 17.6 Å². The molecule has 29 heavy (non-hydrogen) atoms. The Kier molecular flexibility index (Phi) is 6.24. The van der Waals surface area contributed by atoms with Gasteiger partial charge in [-0.2, -0.15) is 5.10 Å². The van der Waals surface area contributed by atoms with E-state index in [1.165, 1.54) is 18.2 Å². The summed E-state index contributed by atoms with van der Waals surface area (Å²) in [4.78, 5) is 12.7. The Morgan fingerprint density at radius 2 is 1.79 bits per heavy atom. The number of sulfone groups is 1. The molecule has 1 aliphatic heterocycles. The second-order valence-corrected chi connectivity index (χ2v) is 10.0. The number of fused-ring (bicyclic) bond motifs is 1. The Bertz CT molecular complexity index is 973. The number of carbonyl (C=O) groups is 1. The summed E-state index contributed by atoms with van der Waals surface area (Å²) in [6.45, 7) is 9.00. The molecule has 1 aliphatic rings. The molecule has 3 rings (SSSR count). The first-order chi connectivity index (χ1) is 13.6. The van der Waals surface area contributed by atoms with Crippen molar-refractivity contribution in [2.75, 3.05) is 12.4 Å². The highest BCUT2D eigenvalue weighted by Crippen LogP contribution is 2.30. The number of Topliss-reactive ketones (excluding diaryl/α,β-unsaturated/α-hetero) is 1. The Balaban J connectivity index is 1.86. The van der Waals surface area contributed by atoms with Crippen LogP contribution in [0.4, 0.5) is 4.39 Å². The number of hydrogen-bond acceptors (Lipinski definition) is 5. The summed E-state index contributed by atoms with van der Waals surface area (Å²) in [5, 5.41) is 4.03. The van der Waals surface area contributed by atoms with Crippen LogP contribution < -0.4 is 0 Å². The van der Waals surface area contributed by atoms with Gasteiger partial charge in [0.15, 0.2) is 10.8 Å². The van der Waals surface area contributed by atoms with Crippen molar-refractivity contribution in [3.05, 3.63) is 46.4 Å². The smallest absolute Gasteiger partial charge is 0.204 e. The number of ether oxygens (including phenoxy) is 1. The zero-order valence-corrected chi connectivity index (χ0v) is 18.1. The van der Waals surface area contributed by atoms with Gasteiger partial charge < -0.3 is 4.74 Å². The standard InChI is InChI=1S/C21H27FN2O4S/c1-13(2)18-7-15(22)8-19(14(3)4)20(18)10-17(25)12-29(26,27)21-9-16-11-28-6-5-24(16)23-21/h7-9,13-14H,5-6,10-12H2,1-4H3. The van der Waals surface area contributed by atoms with E-state index in [-0.39, 0.29) is 29.1 Å². The highest BCUT2D eigenvalue weighted by Gasteiger charge is 2.27. The van der Waals surface area contributed by atoms with E-state index in [1.54, 1.807) is 4.68 Å².